The summed E-state index contributed by atoms with van der Waals surface area (Å²) in [6.07, 6.45) is 3.44. The highest BCUT2D eigenvalue weighted by Crippen LogP contribution is 2.10. The van der Waals surface area contributed by atoms with Gasteiger partial charge in [0.2, 0.25) is 5.91 Å². The van der Waals surface area contributed by atoms with Crippen LogP contribution in [0.3, 0.4) is 0 Å². The molecule has 0 radical (unpaired) electrons. The minimum atomic E-state index is 0.00769. The highest BCUT2D eigenvalue weighted by Gasteiger charge is 2.07. The van der Waals surface area contributed by atoms with E-state index in [0.29, 0.717) is 6.54 Å². The lowest BCUT2D eigenvalue weighted by atomic mass is 10.1. The Bertz CT molecular complexity index is 617. The lowest BCUT2D eigenvalue weighted by Gasteiger charge is -2.07. The van der Waals surface area contributed by atoms with Crippen molar-refractivity contribution < 1.29 is 4.79 Å². The zero-order valence-corrected chi connectivity index (χ0v) is 13.2. The lowest BCUT2D eigenvalue weighted by molar-refractivity contribution is -0.117. The van der Waals surface area contributed by atoms with Crippen LogP contribution in [0.5, 0.6) is 0 Å². The monoisotopic (exact) mass is 300 g/mol. The van der Waals surface area contributed by atoms with E-state index in [4.69, 9.17) is 0 Å². The second-order valence-electron chi connectivity index (χ2n) is 4.80. The van der Waals surface area contributed by atoms with Gasteiger partial charge in [-0.05, 0) is 25.0 Å². The minimum absolute atomic E-state index is 0.00769. The summed E-state index contributed by atoms with van der Waals surface area (Å²) in [7, 11) is 0. The Kier molecular flexibility index (Phi) is 5.69. The largest absolute Gasteiger partial charge is 0.352 e. The number of hydrogen-bond donors (Lipinski definition) is 1. The van der Waals surface area contributed by atoms with Gasteiger partial charge >= 0.3 is 0 Å². The van der Waals surface area contributed by atoms with Crippen LogP contribution in [0.25, 0.3) is 6.08 Å². The van der Waals surface area contributed by atoms with E-state index in [1.807, 2.05) is 55.6 Å². The van der Waals surface area contributed by atoms with Crippen molar-refractivity contribution in [3.63, 3.8) is 0 Å². The maximum atomic E-state index is 12.2. The molecule has 1 heterocycles. The molecule has 0 atom stereocenters. The van der Waals surface area contributed by atoms with Crippen molar-refractivity contribution in [2.75, 3.05) is 6.54 Å². The summed E-state index contributed by atoms with van der Waals surface area (Å²) in [6.45, 7) is 4.61. The molecular formula is C17H20N2OS. The molecule has 0 aliphatic rings. The predicted octanol–water partition coefficient (Wildman–Crippen LogP) is 3.60. The van der Waals surface area contributed by atoms with Gasteiger partial charge in [0.15, 0.2) is 0 Å². The van der Waals surface area contributed by atoms with Gasteiger partial charge in [0.1, 0.15) is 0 Å². The SMILES string of the molecule is CC/C(=C\c1ccccc1)C(=O)NCCc1csc(C)n1. The van der Waals surface area contributed by atoms with Crippen molar-refractivity contribution in [2.45, 2.75) is 26.7 Å². The number of thiazole rings is 1. The Morgan fingerprint density at radius 1 is 1.33 bits per heavy atom. The first-order valence-corrected chi connectivity index (χ1v) is 8.02. The number of aryl methyl sites for hydroxylation is 1. The fraction of sp³-hybridized carbons (Fsp3) is 0.294. The van der Waals surface area contributed by atoms with Crippen LogP contribution in [-0.4, -0.2) is 17.4 Å². The first-order valence-electron chi connectivity index (χ1n) is 7.14. The number of hydrogen-bond acceptors (Lipinski definition) is 3. The predicted molar refractivity (Wildman–Crippen MR) is 88.3 cm³/mol. The molecule has 1 amide bonds. The second-order valence-corrected chi connectivity index (χ2v) is 5.86. The smallest absolute Gasteiger partial charge is 0.247 e. The van der Waals surface area contributed by atoms with Crippen molar-refractivity contribution in [2.24, 2.45) is 0 Å². The second kappa shape index (κ2) is 7.74. The van der Waals surface area contributed by atoms with Crippen LogP contribution in [0, 0.1) is 6.92 Å². The fourth-order valence-electron chi connectivity index (χ4n) is 2.02. The molecule has 0 bridgehead atoms. The van der Waals surface area contributed by atoms with Gasteiger partial charge in [-0.3, -0.25) is 4.79 Å². The van der Waals surface area contributed by atoms with Gasteiger partial charge < -0.3 is 5.32 Å². The summed E-state index contributed by atoms with van der Waals surface area (Å²) in [5, 5.41) is 6.08. The first-order chi connectivity index (χ1) is 10.2. The minimum Gasteiger partial charge on any atom is -0.352 e. The van der Waals surface area contributed by atoms with Crippen LogP contribution >= 0.6 is 11.3 Å². The van der Waals surface area contributed by atoms with Crippen LogP contribution in [-0.2, 0) is 11.2 Å². The number of nitrogens with one attached hydrogen (secondary N) is 1. The molecule has 0 aliphatic heterocycles. The lowest BCUT2D eigenvalue weighted by Crippen LogP contribution is -2.27. The summed E-state index contributed by atoms with van der Waals surface area (Å²) >= 11 is 1.64. The Labute approximate surface area is 129 Å². The quantitative estimate of drug-likeness (QED) is 0.828. The molecule has 0 spiro atoms. The first kappa shape index (κ1) is 15.4. The highest BCUT2D eigenvalue weighted by atomic mass is 32.1. The van der Waals surface area contributed by atoms with Crippen molar-refractivity contribution in [1.29, 1.82) is 0 Å². The van der Waals surface area contributed by atoms with Crippen molar-refractivity contribution in [1.82, 2.24) is 10.3 Å². The number of rotatable bonds is 6. The van der Waals surface area contributed by atoms with Crippen LogP contribution in [0.4, 0.5) is 0 Å². The van der Waals surface area contributed by atoms with E-state index < -0.39 is 0 Å². The van der Waals surface area contributed by atoms with Crippen LogP contribution in [0.2, 0.25) is 0 Å². The van der Waals surface area contributed by atoms with Crippen molar-refractivity contribution >= 4 is 23.3 Å². The molecule has 2 rings (SSSR count). The molecule has 110 valence electrons. The zero-order valence-electron chi connectivity index (χ0n) is 12.4. The molecule has 0 aliphatic carbocycles. The van der Waals surface area contributed by atoms with Gasteiger partial charge in [-0.1, -0.05) is 37.3 Å². The van der Waals surface area contributed by atoms with E-state index in [2.05, 4.69) is 10.3 Å². The molecular weight excluding hydrogens is 280 g/mol. The maximum Gasteiger partial charge on any atom is 0.247 e. The number of aromatic nitrogens is 1. The van der Waals surface area contributed by atoms with Gasteiger partial charge in [0.05, 0.1) is 10.7 Å². The standard InChI is InChI=1S/C17H20N2OS/c1-3-15(11-14-7-5-4-6-8-14)17(20)18-10-9-16-12-21-13(2)19-16/h4-8,11-12H,3,9-10H2,1-2H3,(H,18,20)/b15-11+. The number of amides is 1. The number of benzene rings is 1. The third-order valence-electron chi connectivity index (χ3n) is 3.15. The number of nitrogens with zero attached hydrogens (tertiary/aromatic N) is 1. The molecule has 1 aromatic carbocycles. The molecule has 2 aromatic rings. The Hall–Kier alpha value is -1.94. The molecule has 4 heteroatoms. The summed E-state index contributed by atoms with van der Waals surface area (Å²) in [5.74, 6) is 0.00769. The Morgan fingerprint density at radius 3 is 2.71 bits per heavy atom. The van der Waals surface area contributed by atoms with Crippen LogP contribution < -0.4 is 5.32 Å². The third-order valence-corrected chi connectivity index (χ3v) is 3.97. The topological polar surface area (TPSA) is 42.0 Å². The summed E-state index contributed by atoms with van der Waals surface area (Å²) in [6, 6.07) is 9.92. The number of carbonyl (C=O) groups excluding carboxylic acids is 1. The Balaban J connectivity index is 1.90. The fourth-order valence-corrected chi connectivity index (χ4v) is 2.67. The van der Waals surface area contributed by atoms with E-state index in [1.165, 1.54) is 0 Å². The van der Waals surface area contributed by atoms with E-state index in [-0.39, 0.29) is 5.91 Å². The molecule has 1 N–H and O–H groups in total. The van der Waals surface area contributed by atoms with E-state index in [9.17, 15) is 4.79 Å². The van der Waals surface area contributed by atoms with E-state index >= 15 is 0 Å². The third kappa shape index (κ3) is 4.83. The van der Waals surface area contributed by atoms with E-state index in [0.717, 1.165) is 34.7 Å². The summed E-state index contributed by atoms with van der Waals surface area (Å²) in [5.41, 5.74) is 2.90. The van der Waals surface area contributed by atoms with Crippen LogP contribution in [0.1, 0.15) is 29.6 Å². The Morgan fingerprint density at radius 2 is 2.10 bits per heavy atom. The normalized spacial score (nSPS) is 11.4. The van der Waals surface area contributed by atoms with Crippen molar-refractivity contribution in [3.8, 4) is 0 Å². The summed E-state index contributed by atoms with van der Waals surface area (Å²) < 4.78 is 0. The molecule has 3 nitrogen and oxygen atoms in total. The molecule has 0 unspecified atom stereocenters. The zero-order chi connectivity index (χ0) is 15.1. The summed E-state index contributed by atoms with van der Waals surface area (Å²) in [4.78, 5) is 16.6. The van der Waals surface area contributed by atoms with Gasteiger partial charge in [-0.2, -0.15) is 0 Å². The van der Waals surface area contributed by atoms with E-state index in [1.54, 1.807) is 11.3 Å². The molecule has 0 saturated heterocycles. The average Bonchev–Trinajstić information content (AvgIpc) is 2.91. The molecule has 0 fully saturated rings. The maximum absolute atomic E-state index is 12.2. The average molecular weight is 300 g/mol. The van der Waals surface area contributed by atoms with Gasteiger partial charge in [-0.15, -0.1) is 11.3 Å². The molecule has 0 saturated carbocycles. The molecule has 1 aromatic heterocycles. The van der Waals surface area contributed by atoms with Gasteiger partial charge in [-0.25, -0.2) is 4.98 Å². The van der Waals surface area contributed by atoms with Crippen LogP contribution in [0.15, 0.2) is 41.3 Å². The molecule has 21 heavy (non-hydrogen) atoms. The van der Waals surface area contributed by atoms with Gasteiger partial charge in [0.25, 0.3) is 0 Å². The van der Waals surface area contributed by atoms with Crippen molar-refractivity contribution in [3.05, 3.63) is 57.6 Å². The number of carbonyl (C=O) groups is 1. The highest BCUT2D eigenvalue weighted by molar-refractivity contribution is 7.09. The van der Waals surface area contributed by atoms with Gasteiger partial charge in [0, 0.05) is 23.9 Å².